The van der Waals surface area contributed by atoms with Crippen molar-refractivity contribution in [3.8, 4) is 0 Å². The molecule has 2 unspecified atom stereocenters. The van der Waals surface area contributed by atoms with Crippen LogP contribution in [0.4, 0.5) is 13.2 Å². The Bertz CT molecular complexity index is 577. The summed E-state index contributed by atoms with van der Waals surface area (Å²) in [5, 5.41) is 6.64. The van der Waals surface area contributed by atoms with Crippen LogP contribution in [0.1, 0.15) is 45.4 Å². The van der Waals surface area contributed by atoms with E-state index in [2.05, 4.69) is 15.6 Å². The molecule has 2 atom stereocenters. The predicted molar refractivity (Wildman–Crippen MR) is 107 cm³/mol. The van der Waals surface area contributed by atoms with Crippen LogP contribution in [0.5, 0.6) is 0 Å². The molecule has 29 heavy (non-hydrogen) atoms. The highest BCUT2D eigenvalue weighted by atomic mass is 19.4. The number of nitrogens with zero attached hydrogens (tertiary/aromatic N) is 3. The molecule has 0 aromatic heterocycles. The molecule has 2 heterocycles. The lowest BCUT2D eigenvalue weighted by atomic mass is 10.1. The minimum absolute atomic E-state index is 0.150. The van der Waals surface area contributed by atoms with Crippen molar-refractivity contribution in [2.75, 3.05) is 45.8 Å². The molecule has 1 amide bonds. The Kier molecular flexibility index (Phi) is 7.65. The number of hydrogen-bond donors (Lipinski definition) is 2. The number of nitrogens with one attached hydrogen (secondary N) is 2. The lowest BCUT2D eigenvalue weighted by Crippen LogP contribution is -2.45. The fraction of sp³-hybridized carbons (Fsp3) is 0.900. The Morgan fingerprint density at radius 2 is 1.86 bits per heavy atom. The number of likely N-dealkylation sites (tertiary alicyclic amines) is 2. The maximum absolute atomic E-state index is 12.6. The van der Waals surface area contributed by atoms with Crippen LogP contribution in [0.3, 0.4) is 0 Å². The summed E-state index contributed by atoms with van der Waals surface area (Å²) in [6, 6.07) is 0.170. The standard InChI is InChI=1S/C20H34F3N5O/c1-2-24-19(25-11-15-7-9-27(12-15)14-20(21,22)23)26-17-8-10-28(13-17)18(29)16-5-3-4-6-16/h15-17H,2-14H2,1H3,(H2,24,25,26). The molecule has 1 saturated carbocycles. The van der Waals surface area contributed by atoms with Crippen LogP contribution in [0.2, 0.25) is 0 Å². The third-order valence-electron chi connectivity index (χ3n) is 6.17. The third kappa shape index (κ3) is 6.76. The molecule has 0 spiro atoms. The molecule has 9 heteroatoms. The van der Waals surface area contributed by atoms with Crippen molar-refractivity contribution in [2.45, 2.75) is 57.7 Å². The lowest BCUT2D eigenvalue weighted by molar-refractivity contribution is -0.143. The van der Waals surface area contributed by atoms with Crippen molar-refractivity contribution in [3.05, 3.63) is 0 Å². The van der Waals surface area contributed by atoms with E-state index in [9.17, 15) is 18.0 Å². The first-order chi connectivity index (χ1) is 13.8. The van der Waals surface area contributed by atoms with Crippen molar-refractivity contribution in [1.29, 1.82) is 0 Å². The average molecular weight is 418 g/mol. The highest BCUT2D eigenvalue weighted by Gasteiger charge is 2.35. The number of halogens is 3. The molecular formula is C20H34F3N5O. The summed E-state index contributed by atoms with van der Waals surface area (Å²) in [6.07, 6.45) is 1.85. The number of carbonyl (C=O) groups excluding carboxylic acids is 1. The molecular weight excluding hydrogens is 383 g/mol. The summed E-state index contributed by atoms with van der Waals surface area (Å²) in [5.74, 6) is 1.35. The number of carbonyl (C=O) groups is 1. The number of alkyl halides is 3. The minimum Gasteiger partial charge on any atom is -0.357 e. The van der Waals surface area contributed by atoms with Crippen LogP contribution in [-0.2, 0) is 4.79 Å². The van der Waals surface area contributed by atoms with Crippen molar-refractivity contribution in [1.82, 2.24) is 20.4 Å². The fourth-order valence-corrected chi connectivity index (χ4v) is 4.70. The van der Waals surface area contributed by atoms with Crippen LogP contribution in [-0.4, -0.2) is 79.7 Å². The second kappa shape index (κ2) is 10.00. The van der Waals surface area contributed by atoms with E-state index in [0.29, 0.717) is 44.6 Å². The van der Waals surface area contributed by atoms with Crippen molar-refractivity contribution < 1.29 is 18.0 Å². The maximum atomic E-state index is 12.6. The average Bonchev–Trinajstić information content (AvgIpc) is 3.40. The predicted octanol–water partition coefficient (Wildman–Crippen LogP) is 2.22. The minimum atomic E-state index is -4.14. The first kappa shape index (κ1) is 22.2. The summed E-state index contributed by atoms with van der Waals surface area (Å²) in [5.41, 5.74) is 0. The molecule has 2 aliphatic heterocycles. The molecule has 0 bridgehead atoms. The highest BCUT2D eigenvalue weighted by Crippen LogP contribution is 2.28. The molecule has 3 aliphatic rings. The van der Waals surface area contributed by atoms with E-state index in [1.807, 2.05) is 11.8 Å². The third-order valence-corrected chi connectivity index (χ3v) is 6.17. The lowest BCUT2D eigenvalue weighted by Gasteiger charge is -2.21. The Morgan fingerprint density at radius 3 is 2.55 bits per heavy atom. The SMILES string of the molecule is CCNC(=NCC1CCN(CC(F)(F)F)C1)NC1CCN(C(=O)C2CCCC2)C1. The normalized spacial score (nSPS) is 27.0. The number of guanidine groups is 1. The van der Waals surface area contributed by atoms with Gasteiger partial charge in [-0.05, 0) is 45.1 Å². The van der Waals surface area contributed by atoms with E-state index in [4.69, 9.17) is 0 Å². The van der Waals surface area contributed by atoms with Crippen LogP contribution in [0.15, 0.2) is 4.99 Å². The van der Waals surface area contributed by atoms with Gasteiger partial charge in [0.05, 0.1) is 6.54 Å². The second-order valence-electron chi connectivity index (χ2n) is 8.62. The molecule has 0 aromatic rings. The first-order valence-corrected chi connectivity index (χ1v) is 11.0. The zero-order valence-corrected chi connectivity index (χ0v) is 17.3. The molecule has 3 rings (SSSR count). The van der Waals surface area contributed by atoms with Gasteiger partial charge < -0.3 is 15.5 Å². The second-order valence-corrected chi connectivity index (χ2v) is 8.62. The largest absolute Gasteiger partial charge is 0.401 e. The van der Waals surface area contributed by atoms with E-state index in [-0.39, 0.29) is 17.9 Å². The Morgan fingerprint density at radius 1 is 1.10 bits per heavy atom. The zero-order valence-electron chi connectivity index (χ0n) is 17.3. The van der Waals surface area contributed by atoms with Crippen molar-refractivity contribution in [3.63, 3.8) is 0 Å². The number of hydrogen-bond acceptors (Lipinski definition) is 3. The van der Waals surface area contributed by atoms with Crippen LogP contribution in [0, 0.1) is 11.8 Å². The molecule has 0 aromatic carbocycles. The van der Waals surface area contributed by atoms with Gasteiger partial charge in [-0.15, -0.1) is 0 Å². The highest BCUT2D eigenvalue weighted by molar-refractivity contribution is 5.81. The van der Waals surface area contributed by atoms with Gasteiger partial charge in [0.25, 0.3) is 0 Å². The summed E-state index contributed by atoms with van der Waals surface area (Å²) in [7, 11) is 0. The molecule has 6 nitrogen and oxygen atoms in total. The van der Waals surface area contributed by atoms with E-state index in [1.54, 1.807) is 0 Å². The Balaban J connectivity index is 1.45. The summed E-state index contributed by atoms with van der Waals surface area (Å²) in [4.78, 5) is 20.7. The van der Waals surface area contributed by atoms with E-state index < -0.39 is 12.7 Å². The van der Waals surface area contributed by atoms with Gasteiger partial charge in [0, 0.05) is 44.7 Å². The van der Waals surface area contributed by atoms with Gasteiger partial charge in [-0.2, -0.15) is 13.2 Å². The number of amides is 1. The topological polar surface area (TPSA) is 60.0 Å². The van der Waals surface area contributed by atoms with Gasteiger partial charge in [-0.3, -0.25) is 14.7 Å². The van der Waals surface area contributed by atoms with E-state index >= 15 is 0 Å². The Labute approximate surface area is 171 Å². The quantitative estimate of drug-likeness (QED) is 0.514. The molecule has 3 fully saturated rings. The summed E-state index contributed by atoms with van der Waals surface area (Å²) >= 11 is 0. The van der Waals surface area contributed by atoms with Gasteiger partial charge in [-0.25, -0.2) is 0 Å². The van der Waals surface area contributed by atoms with Crippen LogP contribution < -0.4 is 10.6 Å². The molecule has 166 valence electrons. The molecule has 2 N–H and O–H groups in total. The summed E-state index contributed by atoms with van der Waals surface area (Å²) < 4.78 is 37.6. The van der Waals surface area contributed by atoms with E-state index in [0.717, 1.165) is 45.1 Å². The molecule has 0 radical (unpaired) electrons. The number of rotatable bonds is 6. The Hall–Kier alpha value is -1.51. The van der Waals surface area contributed by atoms with Gasteiger partial charge in [0.1, 0.15) is 0 Å². The van der Waals surface area contributed by atoms with Crippen molar-refractivity contribution >= 4 is 11.9 Å². The smallest absolute Gasteiger partial charge is 0.357 e. The zero-order chi connectivity index (χ0) is 20.9. The van der Waals surface area contributed by atoms with Crippen LogP contribution in [0.25, 0.3) is 0 Å². The molecule has 1 aliphatic carbocycles. The van der Waals surface area contributed by atoms with Gasteiger partial charge in [-0.1, -0.05) is 12.8 Å². The number of aliphatic imine (C=N–C) groups is 1. The van der Waals surface area contributed by atoms with Crippen molar-refractivity contribution in [2.24, 2.45) is 16.8 Å². The van der Waals surface area contributed by atoms with Crippen LogP contribution >= 0.6 is 0 Å². The molecule has 2 saturated heterocycles. The van der Waals surface area contributed by atoms with E-state index in [1.165, 1.54) is 4.90 Å². The van der Waals surface area contributed by atoms with Gasteiger partial charge in [0.2, 0.25) is 5.91 Å². The first-order valence-electron chi connectivity index (χ1n) is 11.0. The summed E-state index contributed by atoms with van der Waals surface area (Å²) in [6.45, 7) is 4.78. The van der Waals surface area contributed by atoms with Gasteiger partial charge >= 0.3 is 6.18 Å². The maximum Gasteiger partial charge on any atom is 0.401 e. The van der Waals surface area contributed by atoms with Gasteiger partial charge in [0.15, 0.2) is 5.96 Å². The fourth-order valence-electron chi connectivity index (χ4n) is 4.70. The monoisotopic (exact) mass is 417 g/mol.